The van der Waals surface area contributed by atoms with E-state index in [4.69, 9.17) is 5.73 Å². The van der Waals surface area contributed by atoms with Crippen LogP contribution in [-0.2, 0) is 0 Å². The van der Waals surface area contributed by atoms with Crippen LogP contribution in [0.15, 0.2) is 18.2 Å². The Hall–Kier alpha value is -1.00. The van der Waals surface area contributed by atoms with E-state index in [2.05, 4.69) is 18.7 Å². The minimum absolute atomic E-state index is 0.0705. The van der Waals surface area contributed by atoms with E-state index in [0.717, 1.165) is 24.6 Å². The Morgan fingerprint density at radius 3 is 2.39 bits per heavy atom. The summed E-state index contributed by atoms with van der Waals surface area (Å²) in [6.07, 6.45) is 1.05. The lowest BCUT2D eigenvalue weighted by Crippen LogP contribution is -2.32. The average Bonchev–Trinajstić information content (AvgIpc) is 2.32. The molecule has 0 spiro atoms. The van der Waals surface area contributed by atoms with Crippen molar-refractivity contribution in [3.63, 3.8) is 0 Å². The Morgan fingerprint density at radius 1 is 1.22 bits per heavy atom. The molecule has 1 rings (SSSR count). The van der Waals surface area contributed by atoms with Gasteiger partial charge in [0.15, 0.2) is 11.6 Å². The highest BCUT2D eigenvalue weighted by atomic mass is 19.2. The van der Waals surface area contributed by atoms with Crippen LogP contribution in [0.25, 0.3) is 0 Å². The Labute approximate surface area is 108 Å². The van der Waals surface area contributed by atoms with Crippen molar-refractivity contribution in [3.8, 4) is 0 Å². The quantitative estimate of drug-likeness (QED) is 0.848. The van der Waals surface area contributed by atoms with Gasteiger partial charge in [0.1, 0.15) is 0 Å². The fourth-order valence-electron chi connectivity index (χ4n) is 1.91. The monoisotopic (exact) mass is 256 g/mol. The number of hydrogen-bond acceptors (Lipinski definition) is 2. The predicted octanol–water partition coefficient (Wildman–Crippen LogP) is 2.94. The van der Waals surface area contributed by atoms with Crippen molar-refractivity contribution in [1.29, 1.82) is 0 Å². The van der Waals surface area contributed by atoms with Gasteiger partial charge in [0.25, 0.3) is 0 Å². The average molecular weight is 256 g/mol. The Kier molecular flexibility index (Phi) is 5.69. The lowest BCUT2D eigenvalue weighted by Gasteiger charge is -2.28. The second-order valence-electron chi connectivity index (χ2n) is 5.09. The zero-order valence-electron chi connectivity index (χ0n) is 11.3. The molecule has 1 aromatic carbocycles. The smallest absolute Gasteiger partial charge is 0.159 e. The van der Waals surface area contributed by atoms with Gasteiger partial charge >= 0.3 is 0 Å². The molecule has 0 amide bonds. The molecule has 0 aliphatic heterocycles. The molecule has 1 aromatic rings. The molecule has 0 aliphatic rings. The van der Waals surface area contributed by atoms with E-state index in [1.54, 1.807) is 6.07 Å². The molecule has 1 unspecified atom stereocenters. The van der Waals surface area contributed by atoms with Crippen molar-refractivity contribution < 1.29 is 8.78 Å². The molecule has 2 nitrogen and oxygen atoms in total. The molecule has 0 aromatic heterocycles. The standard InChI is InChI=1S/C14H22F2N2/c1-10(2)6-7-18(3)14(9-17)11-4-5-12(15)13(16)8-11/h4-5,8,10,14H,6-7,9,17H2,1-3H3. The number of nitrogens with two attached hydrogens (primary N) is 1. The third kappa shape index (κ3) is 4.03. The maximum atomic E-state index is 13.2. The molecule has 102 valence electrons. The topological polar surface area (TPSA) is 29.3 Å². The molecule has 18 heavy (non-hydrogen) atoms. The third-order valence-electron chi connectivity index (χ3n) is 3.14. The maximum absolute atomic E-state index is 13.2. The third-order valence-corrected chi connectivity index (χ3v) is 3.14. The summed E-state index contributed by atoms with van der Waals surface area (Å²) in [4.78, 5) is 2.09. The van der Waals surface area contributed by atoms with E-state index in [0.29, 0.717) is 12.5 Å². The maximum Gasteiger partial charge on any atom is 0.159 e. The van der Waals surface area contributed by atoms with Crippen molar-refractivity contribution in [2.24, 2.45) is 11.7 Å². The molecule has 0 saturated carbocycles. The first-order chi connectivity index (χ1) is 8.45. The molecule has 0 aliphatic carbocycles. The number of likely N-dealkylation sites (N-methyl/N-ethyl adjacent to an activating group) is 1. The van der Waals surface area contributed by atoms with Crippen LogP contribution in [0.5, 0.6) is 0 Å². The first-order valence-corrected chi connectivity index (χ1v) is 6.31. The van der Waals surface area contributed by atoms with E-state index in [-0.39, 0.29) is 6.04 Å². The molecule has 0 bridgehead atoms. The lowest BCUT2D eigenvalue weighted by molar-refractivity contribution is 0.235. The number of halogens is 2. The predicted molar refractivity (Wildman–Crippen MR) is 70.2 cm³/mol. The molecular weight excluding hydrogens is 234 g/mol. The summed E-state index contributed by atoms with van der Waals surface area (Å²) in [5.74, 6) is -1.03. The van der Waals surface area contributed by atoms with Gasteiger partial charge in [-0.05, 0) is 43.6 Å². The van der Waals surface area contributed by atoms with Gasteiger partial charge in [0.05, 0.1) is 0 Å². The number of benzene rings is 1. The van der Waals surface area contributed by atoms with Crippen LogP contribution < -0.4 is 5.73 Å². The van der Waals surface area contributed by atoms with E-state index in [9.17, 15) is 8.78 Å². The molecular formula is C14H22F2N2. The van der Waals surface area contributed by atoms with Gasteiger partial charge < -0.3 is 5.73 Å². The van der Waals surface area contributed by atoms with E-state index >= 15 is 0 Å². The molecule has 4 heteroatoms. The summed E-state index contributed by atoms with van der Waals surface area (Å²) in [5.41, 5.74) is 6.47. The minimum atomic E-state index is -0.820. The van der Waals surface area contributed by atoms with Crippen LogP contribution in [0.3, 0.4) is 0 Å². The minimum Gasteiger partial charge on any atom is -0.329 e. The number of rotatable bonds is 6. The molecule has 0 saturated heterocycles. The van der Waals surface area contributed by atoms with Crippen LogP contribution in [0.4, 0.5) is 8.78 Å². The summed E-state index contributed by atoms with van der Waals surface area (Å²) in [7, 11) is 1.96. The first kappa shape index (κ1) is 15.1. The van der Waals surface area contributed by atoms with Crippen molar-refractivity contribution in [3.05, 3.63) is 35.4 Å². The Bertz CT molecular complexity index is 380. The summed E-state index contributed by atoms with van der Waals surface area (Å²) in [5, 5.41) is 0. The van der Waals surface area contributed by atoms with Crippen molar-refractivity contribution in [2.75, 3.05) is 20.1 Å². The van der Waals surface area contributed by atoms with Crippen LogP contribution in [0.2, 0.25) is 0 Å². The molecule has 0 heterocycles. The highest BCUT2D eigenvalue weighted by Gasteiger charge is 2.17. The van der Waals surface area contributed by atoms with Gasteiger partial charge in [-0.15, -0.1) is 0 Å². The SMILES string of the molecule is CC(C)CCN(C)C(CN)c1ccc(F)c(F)c1. The van der Waals surface area contributed by atoms with E-state index < -0.39 is 11.6 Å². The van der Waals surface area contributed by atoms with E-state index in [1.165, 1.54) is 6.07 Å². The van der Waals surface area contributed by atoms with Gasteiger partial charge in [-0.25, -0.2) is 8.78 Å². The Balaban J connectivity index is 2.78. The largest absolute Gasteiger partial charge is 0.329 e. The van der Waals surface area contributed by atoms with Crippen LogP contribution in [0, 0.1) is 17.6 Å². The Morgan fingerprint density at radius 2 is 1.89 bits per heavy atom. The fourth-order valence-corrected chi connectivity index (χ4v) is 1.91. The molecule has 0 fully saturated rings. The van der Waals surface area contributed by atoms with Gasteiger partial charge in [0.2, 0.25) is 0 Å². The molecule has 2 N–H and O–H groups in total. The second kappa shape index (κ2) is 6.81. The van der Waals surface area contributed by atoms with Crippen LogP contribution in [-0.4, -0.2) is 25.0 Å². The molecule has 1 atom stereocenters. The second-order valence-corrected chi connectivity index (χ2v) is 5.09. The van der Waals surface area contributed by atoms with Crippen molar-refractivity contribution in [2.45, 2.75) is 26.3 Å². The zero-order valence-corrected chi connectivity index (χ0v) is 11.3. The highest BCUT2D eigenvalue weighted by molar-refractivity contribution is 5.21. The first-order valence-electron chi connectivity index (χ1n) is 6.31. The summed E-state index contributed by atoms with van der Waals surface area (Å²) >= 11 is 0. The normalized spacial score (nSPS) is 13.3. The van der Waals surface area contributed by atoms with Gasteiger partial charge in [-0.3, -0.25) is 4.90 Å². The van der Waals surface area contributed by atoms with Crippen LogP contribution >= 0.6 is 0 Å². The lowest BCUT2D eigenvalue weighted by atomic mass is 10.0. The van der Waals surface area contributed by atoms with Gasteiger partial charge in [-0.1, -0.05) is 19.9 Å². The number of hydrogen-bond donors (Lipinski definition) is 1. The van der Waals surface area contributed by atoms with Crippen molar-refractivity contribution in [1.82, 2.24) is 4.90 Å². The number of nitrogens with zero attached hydrogens (tertiary/aromatic N) is 1. The zero-order chi connectivity index (χ0) is 13.7. The highest BCUT2D eigenvalue weighted by Crippen LogP contribution is 2.21. The summed E-state index contributed by atoms with van der Waals surface area (Å²) in [6, 6.07) is 3.92. The van der Waals surface area contributed by atoms with E-state index in [1.807, 2.05) is 7.05 Å². The fraction of sp³-hybridized carbons (Fsp3) is 0.571. The molecule has 0 radical (unpaired) electrons. The van der Waals surface area contributed by atoms with Gasteiger partial charge in [0, 0.05) is 12.6 Å². The summed E-state index contributed by atoms with van der Waals surface area (Å²) < 4.78 is 26.1. The van der Waals surface area contributed by atoms with Crippen LogP contribution in [0.1, 0.15) is 31.9 Å². The van der Waals surface area contributed by atoms with Crippen molar-refractivity contribution >= 4 is 0 Å². The summed E-state index contributed by atoms with van der Waals surface area (Å²) in [6.45, 7) is 5.59. The van der Waals surface area contributed by atoms with Gasteiger partial charge in [-0.2, -0.15) is 0 Å².